The molecule has 2 rings (SSSR count). The highest BCUT2D eigenvalue weighted by Gasteiger charge is 2.39. The Morgan fingerprint density at radius 2 is 1.80 bits per heavy atom. The molecule has 1 aliphatic carbocycles. The van der Waals surface area contributed by atoms with Crippen molar-refractivity contribution in [2.24, 2.45) is 0 Å². The lowest BCUT2D eigenvalue weighted by atomic mass is 9.78. The third-order valence-electron chi connectivity index (χ3n) is 5.07. The van der Waals surface area contributed by atoms with Crippen LogP contribution in [0.4, 0.5) is 0 Å². The number of carbonyl (C=O) groups excluding carboxylic acids is 1. The molecule has 0 heterocycles. The standard InChI is InChI=1S/C18H25NO5S/c1-2-18(17(21)22,14-8-4-3-5-9-14)13-19-16(20)12-25(23,24)15-10-6-7-11-15/h3-5,8-9,15H,2,6-7,10-13H2,1H3,(H,19,20)(H,21,22). The normalized spacial score (nSPS) is 17.8. The molecule has 1 unspecified atom stereocenters. The van der Waals surface area contributed by atoms with Gasteiger partial charge < -0.3 is 10.4 Å². The van der Waals surface area contributed by atoms with Crippen molar-refractivity contribution < 1.29 is 23.1 Å². The highest BCUT2D eigenvalue weighted by Crippen LogP contribution is 2.28. The Hall–Kier alpha value is -1.89. The fourth-order valence-electron chi connectivity index (χ4n) is 3.39. The molecule has 1 aromatic rings. The first-order chi connectivity index (χ1) is 11.8. The zero-order valence-electron chi connectivity index (χ0n) is 14.4. The predicted octanol–water partition coefficient (Wildman–Crippen LogP) is 1.89. The largest absolute Gasteiger partial charge is 0.481 e. The molecule has 0 bridgehead atoms. The fraction of sp³-hybridized carbons (Fsp3) is 0.556. The van der Waals surface area contributed by atoms with Crippen molar-refractivity contribution in [1.29, 1.82) is 0 Å². The van der Waals surface area contributed by atoms with E-state index in [9.17, 15) is 23.1 Å². The van der Waals surface area contributed by atoms with Gasteiger partial charge in [-0.3, -0.25) is 9.59 Å². The second-order valence-electron chi connectivity index (χ2n) is 6.60. The molecule has 0 spiro atoms. The predicted molar refractivity (Wildman–Crippen MR) is 95.1 cm³/mol. The number of carboxylic acids is 1. The molecule has 2 N–H and O–H groups in total. The molecule has 1 atom stereocenters. The Balaban J connectivity index is 2.08. The Labute approximate surface area is 148 Å². The lowest BCUT2D eigenvalue weighted by Crippen LogP contribution is -2.47. The molecule has 1 aliphatic rings. The van der Waals surface area contributed by atoms with Crippen LogP contribution in [0, 0.1) is 0 Å². The number of benzene rings is 1. The van der Waals surface area contributed by atoms with Crippen molar-refractivity contribution in [3.05, 3.63) is 35.9 Å². The molecule has 138 valence electrons. The first kappa shape index (κ1) is 19.4. The van der Waals surface area contributed by atoms with E-state index in [1.165, 1.54) is 0 Å². The van der Waals surface area contributed by atoms with Gasteiger partial charge in [-0.2, -0.15) is 0 Å². The summed E-state index contributed by atoms with van der Waals surface area (Å²) in [6.45, 7) is 1.60. The van der Waals surface area contributed by atoms with Crippen LogP contribution in [0.5, 0.6) is 0 Å². The third kappa shape index (κ3) is 4.39. The number of nitrogens with one attached hydrogen (secondary N) is 1. The minimum atomic E-state index is -3.48. The van der Waals surface area contributed by atoms with E-state index in [0.717, 1.165) is 12.8 Å². The van der Waals surface area contributed by atoms with E-state index >= 15 is 0 Å². The van der Waals surface area contributed by atoms with Gasteiger partial charge in [-0.1, -0.05) is 50.1 Å². The molecule has 7 heteroatoms. The smallest absolute Gasteiger partial charge is 0.315 e. The zero-order chi connectivity index (χ0) is 18.5. The van der Waals surface area contributed by atoms with Crippen LogP contribution in [0.15, 0.2) is 30.3 Å². The van der Waals surface area contributed by atoms with Gasteiger partial charge >= 0.3 is 5.97 Å². The molecular weight excluding hydrogens is 342 g/mol. The quantitative estimate of drug-likeness (QED) is 0.731. The average Bonchev–Trinajstić information content (AvgIpc) is 3.11. The van der Waals surface area contributed by atoms with E-state index in [-0.39, 0.29) is 13.0 Å². The number of carbonyl (C=O) groups is 2. The maximum atomic E-state index is 12.3. The first-order valence-electron chi connectivity index (χ1n) is 8.59. The van der Waals surface area contributed by atoms with Crippen molar-refractivity contribution in [2.75, 3.05) is 12.3 Å². The molecule has 0 radical (unpaired) electrons. The van der Waals surface area contributed by atoms with Crippen molar-refractivity contribution >= 4 is 21.7 Å². The lowest BCUT2D eigenvalue weighted by molar-refractivity contribution is -0.144. The average molecular weight is 367 g/mol. The summed E-state index contributed by atoms with van der Waals surface area (Å²) in [7, 11) is -3.48. The second kappa shape index (κ2) is 7.99. The summed E-state index contributed by atoms with van der Waals surface area (Å²) in [5, 5.41) is 11.8. The summed E-state index contributed by atoms with van der Waals surface area (Å²) in [5.41, 5.74) is -0.683. The van der Waals surface area contributed by atoms with Crippen LogP contribution in [-0.2, 0) is 24.8 Å². The van der Waals surface area contributed by atoms with E-state index in [1.807, 2.05) is 0 Å². The molecule has 0 saturated heterocycles. The Morgan fingerprint density at radius 1 is 1.20 bits per heavy atom. The SMILES string of the molecule is CCC(CNC(=O)CS(=O)(=O)C1CCCC1)(C(=O)O)c1ccccc1. The lowest BCUT2D eigenvalue weighted by Gasteiger charge is -2.29. The van der Waals surface area contributed by atoms with Crippen LogP contribution in [0.3, 0.4) is 0 Å². The maximum absolute atomic E-state index is 12.3. The molecule has 6 nitrogen and oxygen atoms in total. The van der Waals surface area contributed by atoms with Crippen LogP contribution in [-0.4, -0.2) is 42.9 Å². The number of sulfone groups is 1. The van der Waals surface area contributed by atoms with Gasteiger partial charge in [0, 0.05) is 6.54 Å². The van der Waals surface area contributed by atoms with Gasteiger partial charge in [-0.15, -0.1) is 0 Å². The highest BCUT2D eigenvalue weighted by atomic mass is 32.2. The second-order valence-corrected chi connectivity index (χ2v) is 8.88. The summed E-state index contributed by atoms with van der Waals surface area (Å²) in [6.07, 6.45) is 3.23. The minimum Gasteiger partial charge on any atom is -0.481 e. The van der Waals surface area contributed by atoms with Gasteiger partial charge in [-0.25, -0.2) is 8.42 Å². The number of hydrogen-bond acceptors (Lipinski definition) is 4. The molecule has 25 heavy (non-hydrogen) atoms. The Kier molecular flexibility index (Phi) is 6.21. The summed E-state index contributed by atoms with van der Waals surface area (Å²) < 4.78 is 24.5. The van der Waals surface area contributed by atoms with E-state index in [2.05, 4.69) is 5.32 Å². The summed E-state index contributed by atoms with van der Waals surface area (Å²) in [6, 6.07) is 8.70. The van der Waals surface area contributed by atoms with E-state index in [1.54, 1.807) is 37.3 Å². The zero-order valence-corrected chi connectivity index (χ0v) is 15.2. The highest BCUT2D eigenvalue weighted by molar-refractivity contribution is 7.92. The van der Waals surface area contributed by atoms with Crippen molar-refractivity contribution in [1.82, 2.24) is 5.32 Å². The molecule has 1 saturated carbocycles. The van der Waals surface area contributed by atoms with Crippen molar-refractivity contribution in [3.63, 3.8) is 0 Å². The third-order valence-corrected chi connectivity index (χ3v) is 7.22. The number of aliphatic carboxylic acids is 1. The van der Waals surface area contributed by atoms with E-state index < -0.39 is 38.1 Å². The van der Waals surface area contributed by atoms with E-state index in [0.29, 0.717) is 18.4 Å². The Morgan fingerprint density at radius 3 is 2.32 bits per heavy atom. The monoisotopic (exact) mass is 367 g/mol. The number of amides is 1. The van der Waals surface area contributed by atoms with E-state index in [4.69, 9.17) is 0 Å². The molecule has 0 aliphatic heterocycles. The molecule has 1 aromatic carbocycles. The fourth-order valence-corrected chi connectivity index (χ4v) is 5.14. The van der Waals surface area contributed by atoms with Gasteiger partial charge in [0.1, 0.15) is 11.2 Å². The van der Waals surface area contributed by atoms with Crippen LogP contribution in [0.25, 0.3) is 0 Å². The van der Waals surface area contributed by atoms with Gasteiger partial charge in [0.2, 0.25) is 5.91 Å². The van der Waals surface area contributed by atoms with Gasteiger partial charge in [0.05, 0.1) is 5.25 Å². The van der Waals surface area contributed by atoms with Crippen LogP contribution in [0.1, 0.15) is 44.6 Å². The van der Waals surface area contributed by atoms with Gasteiger partial charge in [0.15, 0.2) is 9.84 Å². The number of rotatable bonds is 8. The minimum absolute atomic E-state index is 0.137. The van der Waals surface area contributed by atoms with Crippen LogP contribution >= 0.6 is 0 Å². The summed E-state index contributed by atoms with van der Waals surface area (Å²) in [4.78, 5) is 24.0. The van der Waals surface area contributed by atoms with Gasteiger partial charge in [0.25, 0.3) is 0 Å². The van der Waals surface area contributed by atoms with Gasteiger partial charge in [-0.05, 0) is 24.8 Å². The molecular formula is C18H25NO5S. The first-order valence-corrected chi connectivity index (χ1v) is 10.3. The number of carboxylic acid groups (broad SMARTS) is 1. The van der Waals surface area contributed by atoms with Crippen molar-refractivity contribution in [2.45, 2.75) is 49.7 Å². The van der Waals surface area contributed by atoms with Crippen LogP contribution in [0.2, 0.25) is 0 Å². The summed E-state index contributed by atoms with van der Waals surface area (Å²) >= 11 is 0. The van der Waals surface area contributed by atoms with Crippen molar-refractivity contribution in [3.8, 4) is 0 Å². The Bertz CT molecular complexity index is 710. The maximum Gasteiger partial charge on any atom is 0.315 e. The number of hydrogen-bond donors (Lipinski definition) is 2. The molecule has 0 aromatic heterocycles. The van der Waals surface area contributed by atoms with Crippen LogP contribution < -0.4 is 5.32 Å². The molecule has 1 fully saturated rings. The molecule has 1 amide bonds. The summed E-state index contributed by atoms with van der Waals surface area (Å²) in [5.74, 6) is -2.26. The topological polar surface area (TPSA) is 101 Å².